The predicted octanol–water partition coefficient (Wildman–Crippen LogP) is 6.61. The number of ether oxygens (including phenoxy) is 1. The SMILES string of the molecule is CCc1c(CN2CC(CCN[C@H](C)c3cccc4ccccc34)Oc3ccccc32)cccc1C(=O)O. The van der Waals surface area contributed by atoms with Crippen LogP contribution in [0.25, 0.3) is 10.8 Å². The van der Waals surface area contributed by atoms with Crippen molar-refractivity contribution >= 4 is 22.4 Å². The van der Waals surface area contributed by atoms with Crippen LogP contribution in [0.2, 0.25) is 0 Å². The van der Waals surface area contributed by atoms with E-state index in [0.29, 0.717) is 18.5 Å². The molecule has 2 atom stereocenters. The molecule has 0 fully saturated rings. The van der Waals surface area contributed by atoms with Crippen molar-refractivity contribution in [2.24, 2.45) is 0 Å². The Kier molecular flexibility index (Phi) is 7.42. The summed E-state index contributed by atoms with van der Waals surface area (Å²) < 4.78 is 6.40. The van der Waals surface area contributed by atoms with Crippen molar-refractivity contribution in [2.75, 3.05) is 18.0 Å². The first-order chi connectivity index (χ1) is 18.0. The molecule has 5 nitrogen and oxygen atoms in total. The van der Waals surface area contributed by atoms with Crippen molar-refractivity contribution in [3.05, 3.63) is 107 Å². The van der Waals surface area contributed by atoms with Gasteiger partial charge in [0.15, 0.2) is 0 Å². The average molecular weight is 495 g/mol. The molecule has 1 heterocycles. The Bertz CT molecular complexity index is 1390. The highest BCUT2D eigenvalue weighted by molar-refractivity contribution is 5.90. The number of hydrogen-bond acceptors (Lipinski definition) is 4. The first-order valence-corrected chi connectivity index (χ1v) is 13.1. The molecule has 0 bridgehead atoms. The highest BCUT2D eigenvalue weighted by atomic mass is 16.5. The minimum Gasteiger partial charge on any atom is -0.486 e. The minimum atomic E-state index is -0.870. The molecule has 0 aliphatic carbocycles. The van der Waals surface area contributed by atoms with Crippen molar-refractivity contribution < 1.29 is 14.6 Å². The number of fused-ring (bicyclic) bond motifs is 2. The fraction of sp³-hybridized carbons (Fsp3) is 0.281. The number of rotatable bonds is 9. The van der Waals surface area contributed by atoms with Crippen LogP contribution in [0.5, 0.6) is 5.75 Å². The monoisotopic (exact) mass is 494 g/mol. The number of benzene rings is 4. The number of anilines is 1. The number of carboxylic acid groups (broad SMARTS) is 1. The second-order valence-electron chi connectivity index (χ2n) is 9.72. The normalized spacial score (nSPS) is 15.7. The smallest absolute Gasteiger partial charge is 0.335 e. The van der Waals surface area contributed by atoms with E-state index in [1.165, 1.54) is 16.3 Å². The van der Waals surface area contributed by atoms with Crippen LogP contribution >= 0.6 is 0 Å². The minimum absolute atomic E-state index is 0.0369. The quantitative estimate of drug-likeness (QED) is 0.274. The topological polar surface area (TPSA) is 61.8 Å². The third-order valence-corrected chi connectivity index (χ3v) is 7.35. The summed E-state index contributed by atoms with van der Waals surface area (Å²) in [7, 11) is 0. The summed E-state index contributed by atoms with van der Waals surface area (Å²) in [5.74, 6) is 0.0126. The Morgan fingerprint density at radius 1 is 1.03 bits per heavy atom. The van der Waals surface area contributed by atoms with Gasteiger partial charge in [-0.25, -0.2) is 4.79 Å². The molecule has 2 N–H and O–H groups in total. The molecule has 4 aromatic rings. The molecule has 5 rings (SSSR count). The van der Waals surface area contributed by atoms with Crippen LogP contribution in [-0.4, -0.2) is 30.3 Å². The van der Waals surface area contributed by atoms with Crippen LogP contribution < -0.4 is 15.0 Å². The number of carboxylic acids is 1. The summed E-state index contributed by atoms with van der Waals surface area (Å²) in [6.45, 7) is 6.47. The zero-order valence-corrected chi connectivity index (χ0v) is 21.5. The number of hydrogen-bond donors (Lipinski definition) is 2. The van der Waals surface area contributed by atoms with E-state index >= 15 is 0 Å². The summed E-state index contributed by atoms with van der Waals surface area (Å²) in [4.78, 5) is 14.1. The largest absolute Gasteiger partial charge is 0.486 e. The van der Waals surface area contributed by atoms with Crippen molar-refractivity contribution in [1.82, 2.24) is 5.32 Å². The number of nitrogens with zero attached hydrogens (tertiary/aromatic N) is 1. The molecular weight excluding hydrogens is 460 g/mol. The summed E-state index contributed by atoms with van der Waals surface area (Å²) in [6.07, 6.45) is 1.59. The van der Waals surface area contributed by atoms with Gasteiger partial charge in [-0.15, -0.1) is 0 Å². The number of para-hydroxylation sites is 2. The fourth-order valence-corrected chi connectivity index (χ4v) is 5.48. The van der Waals surface area contributed by atoms with Crippen LogP contribution in [0.15, 0.2) is 84.9 Å². The maximum absolute atomic E-state index is 11.8. The van der Waals surface area contributed by atoms with Gasteiger partial charge in [0, 0.05) is 12.6 Å². The molecule has 0 radical (unpaired) electrons. The molecule has 0 aromatic heterocycles. The molecule has 4 aromatic carbocycles. The van der Waals surface area contributed by atoms with Crippen LogP contribution in [0.1, 0.15) is 53.4 Å². The van der Waals surface area contributed by atoms with Gasteiger partial charge >= 0.3 is 5.97 Å². The lowest BCUT2D eigenvalue weighted by Crippen LogP contribution is -2.41. The van der Waals surface area contributed by atoms with Gasteiger partial charge in [-0.1, -0.05) is 73.7 Å². The maximum atomic E-state index is 11.8. The third-order valence-electron chi connectivity index (χ3n) is 7.35. The van der Waals surface area contributed by atoms with E-state index in [4.69, 9.17) is 4.74 Å². The first kappa shape index (κ1) is 24.8. The summed E-state index contributed by atoms with van der Waals surface area (Å²) >= 11 is 0. The standard InChI is InChI=1S/C32H34N2O3/c1-3-26-24(12-9-15-29(26)32(35)36)20-34-21-25(37-31-17-7-6-16-30(31)34)18-19-33-22(2)27-14-8-11-23-10-4-5-13-28(23)27/h4-17,22,25,33H,3,18-21H2,1-2H3,(H,35,36)/t22-,25?/m1/s1. The van der Waals surface area contributed by atoms with E-state index in [9.17, 15) is 9.90 Å². The number of aromatic carboxylic acids is 1. The van der Waals surface area contributed by atoms with Gasteiger partial charge in [-0.05, 0) is 72.0 Å². The highest BCUT2D eigenvalue weighted by Gasteiger charge is 2.26. The molecule has 0 saturated carbocycles. The van der Waals surface area contributed by atoms with Gasteiger partial charge in [0.05, 0.1) is 17.8 Å². The van der Waals surface area contributed by atoms with Gasteiger partial charge in [-0.3, -0.25) is 0 Å². The molecule has 37 heavy (non-hydrogen) atoms. The summed E-state index contributed by atoms with van der Waals surface area (Å²) in [6, 6.07) is 28.9. The van der Waals surface area contributed by atoms with Gasteiger partial charge in [0.2, 0.25) is 0 Å². The van der Waals surface area contributed by atoms with Gasteiger partial charge in [-0.2, -0.15) is 0 Å². The second-order valence-corrected chi connectivity index (χ2v) is 9.72. The Labute approximate surface area is 218 Å². The Morgan fingerprint density at radius 3 is 2.62 bits per heavy atom. The Balaban J connectivity index is 1.29. The highest BCUT2D eigenvalue weighted by Crippen LogP contribution is 2.35. The molecule has 1 aliphatic rings. The van der Waals surface area contributed by atoms with Crippen molar-refractivity contribution in [3.8, 4) is 5.75 Å². The van der Waals surface area contributed by atoms with Gasteiger partial charge < -0.3 is 20.1 Å². The van der Waals surface area contributed by atoms with Crippen LogP contribution in [0, 0.1) is 0 Å². The first-order valence-electron chi connectivity index (χ1n) is 13.1. The van der Waals surface area contributed by atoms with E-state index in [1.807, 2.05) is 37.3 Å². The van der Waals surface area contributed by atoms with Crippen LogP contribution in [0.3, 0.4) is 0 Å². The zero-order valence-electron chi connectivity index (χ0n) is 21.5. The summed E-state index contributed by atoms with van der Waals surface area (Å²) in [5, 5.41) is 15.9. The molecule has 1 unspecified atom stereocenters. The predicted molar refractivity (Wildman–Crippen MR) is 150 cm³/mol. The third kappa shape index (κ3) is 5.32. The molecule has 0 saturated heterocycles. The lowest BCUT2D eigenvalue weighted by Gasteiger charge is -2.37. The van der Waals surface area contributed by atoms with Gasteiger partial charge in [0.25, 0.3) is 0 Å². The average Bonchev–Trinajstić information content (AvgIpc) is 2.92. The summed E-state index contributed by atoms with van der Waals surface area (Å²) in [5.41, 5.74) is 4.71. The van der Waals surface area contributed by atoms with E-state index in [1.54, 1.807) is 6.07 Å². The van der Waals surface area contributed by atoms with E-state index in [-0.39, 0.29) is 12.1 Å². The van der Waals surface area contributed by atoms with Crippen LogP contribution in [0.4, 0.5) is 5.69 Å². The van der Waals surface area contributed by atoms with Crippen molar-refractivity contribution in [3.63, 3.8) is 0 Å². The van der Waals surface area contributed by atoms with Crippen LogP contribution in [-0.2, 0) is 13.0 Å². The number of carbonyl (C=O) groups is 1. The second kappa shape index (κ2) is 11.1. The Morgan fingerprint density at radius 2 is 1.78 bits per heavy atom. The van der Waals surface area contributed by atoms with Crippen molar-refractivity contribution in [2.45, 2.75) is 45.4 Å². The zero-order chi connectivity index (χ0) is 25.8. The van der Waals surface area contributed by atoms with E-state index < -0.39 is 5.97 Å². The van der Waals surface area contributed by atoms with E-state index in [0.717, 1.165) is 42.1 Å². The molecular formula is C32H34N2O3. The lowest BCUT2D eigenvalue weighted by molar-refractivity contribution is 0.0695. The molecule has 0 spiro atoms. The lowest BCUT2D eigenvalue weighted by atomic mass is 9.97. The molecule has 5 heteroatoms. The number of nitrogens with one attached hydrogen (secondary N) is 1. The maximum Gasteiger partial charge on any atom is 0.335 e. The molecule has 190 valence electrons. The molecule has 0 amide bonds. The molecule has 1 aliphatic heterocycles. The fourth-order valence-electron chi connectivity index (χ4n) is 5.48. The van der Waals surface area contributed by atoms with E-state index in [2.05, 4.69) is 65.7 Å². The van der Waals surface area contributed by atoms with Crippen molar-refractivity contribution in [1.29, 1.82) is 0 Å². The Hall–Kier alpha value is -3.83. The van der Waals surface area contributed by atoms with Gasteiger partial charge in [0.1, 0.15) is 11.9 Å².